The molecule has 0 aliphatic rings. The second-order valence-corrected chi connectivity index (χ2v) is 9.74. The molecule has 1 unspecified atom stereocenters. The second-order valence-electron chi connectivity index (χ2n) is 6.50. The van der Waals surface area contributed by atoms with E-state index < -0.39 is 9.04 Å². The molecule has 118 valence electrons. The van der Waals surface area contributed by atoms with Gasteiger partial charge in [0, 0.05) is 11.5 Å². The lowest BCUT2D eigenvalue weighted by Crippen LogP contribution is -2.29. The minimum Gasteiger partial charge on any atom is -0.420 e. The highest BCUT2D eigenvalue weighted by Crippen LogP contribution is 2.30. The van der Waals surface area contributed by atoms with E-state index >= 15 is 0 Å². The number of carbonyl (C=O) groups is 1. The maximum absolute atomic E-state index is 12.0. The zero-order valence-electron chi connectivity index (χ0n) is 13.6. The van der Waals surface area contributed by atoms with E-state index in [0.717, 1.165) is 16.9 Å². The second kappa shape index (κ2) is 8.61. The van der Waals surface area contributed by atoms with Crippen molar-refractivity contribution >= 4 is 27.1 Å². The number of hydrogen-bond acceptors (Lipinski definition) is 4. The van der Waals surface area contributed by atoms with Crippen molar-refractivity contribution in [3.05, 3.63) is 30.3 Å². The van der Waals surface area contributed by atoms with Crippen molar-refractivity contribution in [2.24, 2.45) is 11.3 Å². The van der Waals surface area contributed by atoms with Gasteiger partial charge in [0.1, 0.15) is 0 Å². The highest BCUT2D eigenvalue weighted by atomic mass is 32.2. The van der Waals surface area contributed by atoms with Gasteiger partial charge in [-0.3, -0.25) is 4.79 Å². The van der Waals surface area contributed by atoms with Gasteiger partial charge in [-0.25, -0.2) is 0 Å². The highest BCUT2D eigenvalue weighted by molar-refractivity contribution is 7.95. The Morgan fingerprint density at radius 1 is 1.24 bits per heavy atom. The molecule has 0 saturated heterocycles. The molecular formula is C16H26O3SSi. The molecule has 3 nitrogen and oxygen atoms in total. The molecule has 0 spiro atoms. The van der Waals surface area contributed by atoms with Crippen molar-refractivity contribution in [1.29, 1.82) is 0 Å². The third-order valence-electron chi connectivity index (χ3n) is 3.24. The SMILES string of the molecule is C[SiH](C)OCC(CC(=O)OSc1ccccc1)C(C)(C)C. The van der Waals surface area contributed by atoms with Gasteiger partial charge < -0.3 is 8.61 Å². The van der Waals surface area contributed by atoms with Crippen molar-refractivity contribution in [1.82, 2.24) is 0 Å². The topological polar surface area (TPSA) is 35.5 Å². The largest absolute Gasteiger partial charge is 0.420 e. The van der Waals surface area contributed by atoms with Crippen LogP contribution < -0.4 is 0 Å². The van der Waals surface area contributed by atoms with Gasteiger partial charge >= 0.3 is 5.97 Å². The average Bonchev–Trinajstić information content (AvgIpc) is 2.41. The zero-order chi connectivity index (χ0) is 15.9. The van der Waals surface area contributed by atoms with E-state index in [2.05, 4.69) is 33.9 Å². The van der Waals surface area contributed by atoms with Gasteiger partial charge in [0.15, 0.2) is 9.04 Å². The summed E-state index contributed by atoms with van der Waals surface area (Å²) in [6.07, 6.45) is 0.393. The summed E-state index contributed by atoms with van der Waals surface area (Å²) in [7, 11) is -1.07. The Balaban J connectivity index is 2.48. The molecule has 0 amide bonds. The number of rotatable bonds is 7. The average molecular weight is 327 g/mol. The Kier molecular flexibility index (Phi) is 7.49. The molecule has 0 saturated carbocycles. The Morgan fingerprint density at radius 3 is 2.38 bits per heavy atom. The Morgan fingerprint density at radius 2 is 1.86 bits per heavy atom. The van der Waals surface area contributed by atoms with Crippen molar-refractivity contribution < 1.29 is 13.4 Å². The first-order valence-corrected chi connectivity index (χ1v) is 10.8. The Bertz CT molecular complexity index is 429. The summed E-state index contributed by atoms with van der Waals surface area (Å²) in [4.78, 5) is 13.0. The van der Waals surface area contributed by atoms with Crippen LogP contribution in [0, 0.1) is 11.3 Å². The van der Waals surface area contributed by atoms with Crippen LogP contribution in [0.25, 0.3) is 0 Å². The predicted octanol–water partition coefficient (Wildman–Crippen LogP) is 4.29. The van der Waals surface area contributed by atoms with Crippen LogP contribution in [0.15, 0.2) is 35.2 Å². The summed E-state index contributed by atoms with van der Waals surface area (Å²) in [6.45, 7) is 11.3. The quantitative estimate of drug-likeness (QED) is 0.553. The summed E-state index contributed by atoms with van der Waals surface area (Å²) in [5.74, 6) is -0.00549. The van der Waals surface area contributed by atoms with Crippen LogP contribution in [0.5, 0.6) is 0 Å². The minimum absolute atomic E-state index is 0.0275. The van der Waals surface area contributed by atoms with E-state index in [1.807, 2.05) is 30.3 Å². The maximum Gasteiger partial charge on any atom is 0.318 e. The smallest absolute Gasteiger partial charge is 0.318 e. The minimum atomic E-state index is -1.07. The van der Waals surface area contributed by atoms with Gasteiger partial charge in [-0.15, -0.1) is 0 Å². The fraction of sp³-hybridized carbons (Fsp3) is 0.562. The monoisotopic (exact) mass is 326 g/mol. The molecule has 0 heterocycles. The molecule has 0 fully saturated rings. The standard InChI is InChI=1S/C16H26O3SSi/c1-16(2,3)13(12-18-21(4)5)11-15(17)19-20-14-9-7-6-8-10-14/h6-10,13,21H,11-12H2,1-5H3. The van der Waals surface area contributed by atoms with Gasteiger partial charge in [-0.1, -0.05) is 39.0 Å². The van der Waals surface area contributed by atoms with Crippen LogP contribution in [0.2, 0.25) is 13.1 Å². The summed E-state index contributed by atoms with van der Waals surface area (Å²) in [5, 5.41) is 0. The molecule has 1 rings (SSSR count). The lowest BCUT2D eigenvalue weighted by molar-refractivity contribution is -0.135. The van der Waals surface area contributed by atoms with Gasteiger partial charge in [-0.05, 0) is 36.6 Å². The van der Waals surface area contributed by atoms with E-state index in [1.165, 1.54) is 0 Å². The molecule has 0 aliphatic carbocycles. The molecule has 0 bridgehead atoms. The van der Waals surface area contributed by atoms with Crippen molar-refractivity contribution in [2.75, 3.05) is 6.61 Å². The molecule has 5 heteroatoms. The lowest BCUT2D eigenvalue weighted by Gasteiger charge is -2.30. The van der Waals surface area contributed by atoms with E-state index in [1.54, 1.807) is 0 Å². The van der Waals surface area contributed by atoms with E-state index in [0.29, 0.717) is 13.0 Å². The van der Waals surface area contributed by atoms with Gasteiger partial charge in [0.2, 0.25) is 0 Å². The number of hydrogen-bond donors (Lipinski definition) is 0. The lowest BCUT2D eigenvalue weighted by atomic mass is 9.79. The van der Waals surface area contributed by atoms with Crippen molar-refractivity contribution in [3.8, 4) is 0 Å². The summed E-state index contributed by atoms with van der Waals surface area (Å²) < 4.78 is 11.1. The van der Waals surface area contributed by atoms with Crippen LogP contribution in [-0.2, 0) is 13.4 Å². The maximum atomic E-state index is 12.0. The summed E-state index contributed by atoms with van der Waals surface area (Å²) in [5.41, 5.74) is 0.0275. The molecule has 1 aromatic rings. The molecule has 21 heavy (non-hydrogen) atoms. The first kappa shape index (κ1) is 18.3. The van der Waals surface area contributed by atoms with Crippen LogP contribution in [0.4, 0.5) is 0 Å². The number of carbonyl (C=O) groups excluding carboxylic acids is 1. The third kappa shape index (κ3) is 7.69. The normalized spacial score (nSPS) is 13.2. The molecule has 0 radical (unpaired) electrons. The van der Waals surface area contributed by atoms with Crippen LogP contribution in [0.1, 0.15) is 27.2 Å². The molecule has 0 aliphatic heterocycles. The van der Waals surface area contributed by atoms with Crippen molar-refractivity contribution in [3.63, 3.8) is 0 Å². The van der Waals surface area contributed by atoms with Gasteiger partial charge in [0.25, 0.3) is 0 Å². The van der Waals surface area contributed by atoms with Gasteiger partial charge in [-0.2, -0.15) is 0 Å². The zero-order valence-corrected chi connectivity index (χ0v) is 15.6. The van der Waals surface area contributed by atoms with E-state index in [9.17, 15) is 4.79 Å². The predicted molar refractivity (Wildman–Crippen MR) is 90.8 cm³/mol. The van der Waals surface area contributed by atoms with Crippen LogP contribution in [-0.4, -0.2) is 21.6 Å². The summed E-state index contributed by atoms with van der Waals surface area (Å²) in [6, 6.07) is 9.64. The third-order valence-corrected chi connectivity index (χ3v) is 4.84. The number of benzene rings is 1. The van der Waals surface area contributed by atoms with E-state index in [-0.39, 0.29) is 17.3 Å². The Hall–Kier alpha value is -0.783. The Labute approximate surface area is 134 Å². The van der Waals surface area contributed by atoms with Crippen LogP contribution >= 0.6 is 12.0 Å². The highest BCUT2D eigenvalue weighted by Gasteiger charge is 2.28. The molecule has 1 atom stereocenters. The molecule has 1 aromatic carbocycles. The molecule has 0 N–H and O–H groups in total. The summed E-state index contributed by atoms with van der Waals surface area (Å²) >= 11 is 1.12. The first-order valence-electron chi connectivity index (χ1n) is 7.33. The van der Waals surface area contributed by atoms with Gasteiger partial charge in [0.05, 0.1) is 18.5 Å². The fourth-order valence-corrected chi connectivity index (χ4v) is 2.87. The fourth-order valence-electron chi connectivity index (χ4n) is 1.73. The van der Waals surface area contributed by atoms with Crippen LogP contribution in [0.3, 0.4) is 0 Å². The molecular weight excluding hydrogens is 300 g/mol. The van der Waals surface area contributed by atoms with E-state index in [4.69, 9.17) is 8.61 Å². The van der Waals surface area contributed by atoms with Crippen molar-refractivity contribution in [2.45, 2.75) is 45.2 Å². The molecule has 0 aromatic heterocycles. The first-order chi connectivity index (χ1) is 9.79.